The van der Waals surface area contributed by atoms with E-state index in [-0.39, 0.29) is 11.8 Å². The van der Waals surface area contributed by atoms with E-state index in [2.05, 4.69) is 20.2 Å². The van der Waals surface area contributed by atoms with E-state index in [0.29, 0.717) is 28.4 Å². The largest absolute Gasteiger partial charge is 0.415 e. The number of aromatic nitrogens is 4. The molecule has 0 atom stereocenters. The first-order valence-corrected chi connectivity index (χ1v) is 8.66. The normalized spacial score (nSPS) is 10.6. The molecule has 0 spiro atoms. The minimum atomic E-state index is -0.105. The van der Waals surface area contributed by atoms with Gasteiger partial charge in [-0.3, -0.25) is 9.78 Å². The quantitative estimate of drug-likeness (QED) is 0.545. The fourth-order valence-electron chi connectivity index (χ4n) is 2.76. The van der Waals surface area contributed by atoms with Gasteiger partial charge < -0.3 is 9.32 Å². The molecule has 0 saturated carbocycles. The van der Waals surface area contributed by atoms with Crippen molar-refractivity contribution >= 4 is 5.91 Å². The Morgan fingerprint density at radius 1 is 0.857 bits per heavy atom. The van der Waals surface area contributed by atoms with Gasteiger partial charge in [0.2, 0.25) is 5.89 Å². The molecular formula is C21H17N5O2. The third-order valence-electron chi connectivity index (χ3n) is 4.14. The lowest BCUT2D eigenvalue weighted by Gasteiger charge is -2.13. The van der Waals surface area contributed by atoms with E-state index in [1.807, 2.05) is 48.5 Å². The van der Waals surface area contributed by atoms with Crippen LogP contribution < -0.4 is 0 Å². The molecule has 4 aromatic rings. The van der Waals surface area contributed by atoms with E-state index in [4.69, 9.17) is 4.42 Å². The Kier molecular flexibility index (Phi) is 4.63. The Balaban J connectivity index is 1.73. The van der Waals surface area contributed by atoms with Crippen LogP contribution in [0.4, 0.5) is 0 Å². The molecule has 0 radical (unpaired) electrons. The Morgan fingerprint density at radius 3 is 2.32 bits per heavy atom. The first kappa shape index (κ1) is 17.5. The highest BCUT2D eigenvalue weighted by Gasteiger charge is 2.17. The van der Waals surface area contributed by atoms with Crippen LogP contribution >= 0.6 is 0 Å². The fraction of sp³-hybridized carbons (Fsp3) is 0.0952. The molecule has 138 valence electrons. The van der Waals surface area contributed by atoms with Gasteiger partial charge in [0.25, 0.3) is 11.8 Å². The zero-order valence-electron chi connectivity index (χ0n) is 15.4. The molecule has 7 nitrogen and oxygen atoms in total. The molecule has 0 fully saturated rings. The van der Waals surface area contributed by atoms with Gasteiger partial charge in [0, 0.05) is 30.8 Å². The highest BCUT2D eigenvalue weighted by molar-refractivity contribution is 6.00. The van der Waals surface area contributed by atoms with Crippen molar-refractivity contribution in [1.29, 1.82) is 0 Å². The Labute approximate surface area is 161 Å². The zero-order valence-corrected chi connectivity index (χ0v) is 15.4. The van der Waals surface area contributed by atoms with E-state index >= 15 is 0 Å². The van der Waals surface area contributed by atoms with Crippen LogP contribution in [0.5, 0.6) is 0 Å². The van der Waals surface area contributed by atoms with Gasteiger partial charge in [-0.15, -0.1) is 10.2 Å². The molecule has 0 unspecified atom stereocenters. The summed E-state index contributed by atoms with van der Waals surface area (Å²) in [6.07, 6.45) is 3.17. The van der Waals surface area contributed by atoms with E-state index in [1.165, 1.54) is 4.90 Å². The summed E-state index contributed by atoms with van der Waals surface area (Å²) >= 11 is 0. The van der Waals surface area contributed by atoms with Gasteiger partial charge in [-0.1, -0.05) is 36.4 Å². The summed E-state index contributed by atoms with van der Waals surface area (Å²) in [6.45, 7) is 0. The monoisotopic (exact) mass is 371 g/mol. The Morgan fingerprint density at radius 2 is 1.54 bits per heavy atom. The van der Waals surface area contributed by atoms with Crippen molar-refractivity contribution in [2.45, 2.75) is 0 Å². The highest BCUT2D eigenvalue weighted by Crippen LogP contribution is 2.26. The highest BCUT2D eigenvalue weighted by atomic mass is 16.4. The number of benzene rings is 2. The smallest absolute Gasteiger partial charge is 0.268 e. The van der Waals surface area contributed by atoms with Crippen molar-refractivity contribution < 1.29 is 9.21 Å². The second kappa shape index (κ2) is 7.40. The summed E-state index contributed by atoms with van der Waals surface area (Å²) < 4.78 is 5.76. The van der Waals surface area contributed by atoms with Gasteiger partial charge in [0.1, 0.15) is 5.69 Å². The minimum absolute atomic E-state index is 0.105. The first-order chi connectivity index (χ1) is 13.6. The molecule has 28 heavy (non-hydrogen) atoms. The minimum Gasteiger partial charge on any atom is -0.415 e. The Bertz CT molecular complexity index is 1120. The third-order valence-corrected chi connectivity index (χ3v) is 4.14. The predicted molar refractivity (Wildman–Crippen MR) is 104 cm³/mol. The number of nitrogens with zero attached hydrogens (tertiary/aromatic N) is 5. The molecule has 2 aromatic heterocycles. The third kappa shape index (κ3) is 3.37. The number of rotatable bonds is 4. The molecule has 2 aromatic carbocycles. The van der Waals surface area contributed by atoms with Gasteiger partial charge in [-0.05, 0) is 18.2 Å². The van der Waals surface area contributed by atoms with Crippen LogP contribution in [-0.2, 0) is 0 Å². The number of carbonyl (C=O) groups excluding carboxylic acids is 1. The van der Waals surface area contributed by atoms with E-state index in [9.17, 15) is 4.79 Å². The molecule has 2 heterocycles. The summed E-state index contributed by atoms with van der Waals surface area (Å²) in [5.41, 5.74) is 3.07. The van der Waals surface area contributed by atoms with Crippen molar-refractivity contribution in [2.75, 3.05) is 14.1 Å². The SMILES string of the molecule is CN(C)C(=O)c1ccccc1-c1cncc(-c2nnc(-c3ccccc3)o2)n1. The molecule has 1 amide bonds. The summed E-state index contributed by atoms with van der Waals surface area (Å²) in [6, 6.07) is 16.8. The van der Waals surface area contributed by atoms with Crippen molar-refractivity contribution in [1.82, 2.24) is 25.1 Å². The van der Waals surface area contributed by atoms with Crippen LogP contribution in [-0.4, -0.2) is 45.1 Å². The lowest BCUT2D eigenvalue weighted by atomic mass is 10.0. The molecule has 0 aliphatic carbocycles. The summed E-state index contributed by atoms with van der Waals surface area (Å²) in [7, 11) is 3.43. The molecule has 0 aliphatic rings. The first-order valence-electron chi connectivity index (χ1n) is 8.66. The average Bonchev–Trinajstić information content (AvgIpc) is 3.24. The van der Waals surface area contributed by atoms with E-state index < -0.39 is 0 Å². The molecule has 0 bridgehead atoms. The van der Waals surface area contributed by atoms with Crippen LogP contribution in [0.25, 0.3) is 34.3 Å². The number of hydrogen-bond acceptors (Lipinski definition) is 6. The van der Waals surface area contributed by atoms with E-state index in [0.717, 1.165) is 5.56 Å². The van der Waals surface area contributed by atoms with Gasteiger partial charge in [0.15, 0.2) is 0 Å². The number of carbonyl (C=O) groups is 1. The maximum atomic E-state index is 12.5. The second-order valence-corrected chi connectivity index (χ2v) is 6.31. The van der Waals surface area contributed by atoms with Gasteiger partial charge >= 0.3 is 0 Å². The Hall–Kier alpha value is -3.87. The van der Waals surface area contributed by atoms with Crippen LogP contribution in [0, 0.1) is 0 Å². The summed E-state index contributed by atoms with van der Waals surface area (Å²) in [5.74, 6) is 0.572. The van der Waals surface area contributed by atoms with Crippen LogP contribution in [0.2, 0.25) is 0 Å². The van der Waals surface area contributed by atoms with Crippen molar-refractivity contribution in [3.63, 3.8) is 0 Å². The maximum absolute atomic E-state index is 12.5. The zero-order chi connectivity index (χ0) is 19.5. The van der Waals surface area contributed by atoms with Gasteiger partial charge in [-0.2, -0.15) is 0 Å². The molecule has 7 heteroatoms. The molecular weight excluding hydrogens is 354 g/mol. The molecule has 0 saturated heterocycles. The number of amides is 1. The number of hydrogen-bond donors (Lipinski definition) is 0. The standard InChI is InChI=1S/C21H17N5O2/c1-26(2)21(27)16-11-7-6-10-15(16)17-12-22-13-18(23-17)20-25-24-19(28-20)14-8-4-3-5-9-14/h3-13H,1-2H3. The summed E-state index contributed by atoms with van der Waals surface area (Å²) in [4.78, 5) is 22.9. The fourth-order valence-corrected chi connectivity index (χ4v) is 2.76. The molecule has 4 rings (SSSR count). The topological polar surface area (TPSA) is 85.0 Å². The van der Waals surface area contributed by atoms with Crippen LogP contribution in [0.1, 0.15) is 10.4 Å². The maximum Gasteiger partial charge on any atom is 0.268 e. The lowest BCUT2D eigenvalue weighted by Crippen LogP contribution is -2.22. The van der Waals surface area contributed by atoms with Crippen LogP contribution in [0.15, 0.2) is 71.4 Å². The second-order valence-electron chi connectivity index (χ2n) is 6.31. The molecule has 0 aliphatic heterocycles. The average molecular weight is 371 g/mol. The van der Waals surface area contributed by atoms with Gasteiger partial charge in [-0.25, -0.2) is 4.98 Å². The summed E-state index contributed by atoms with van der Waals surface area (Å²) in [5, 5.41) is 8.18. The van der Waals surface area contributed by atoms with Crippen molar-refractivity contribution in [3.8, 4) is 34.3 Å². The predicted octanol–water partition coefficient (Wildman–Crippen LogP) is 3.56. The van der Waals surface area contributed by atoms with Crippen LogP contribution in [0.3, 0.4) is 0 Å². The van der Waals surface area contributed by atoms with Gasteiger partial charge in [0.05, 0.1) is 18.1 Å². The van der Waals surface area contributed by atoms with Crippen molar-refractivity contribution in [2.24, 2.45) is 0 Å². The lowest BCUT2D eigenvalue weighted by molar-refractivity contribution is 0.0828. The van der Waals surface area contributed by atoms with Crippen molar-refractivity contribution in [3.05, 3.63) is 72.6 Å². The molecule has 0 N–H and O–H groups in total. The van der Waals surface area contributed by atoms with E-state index in [1.54, 1.807) is 32.6 Å².